The lowest BCUT2D eigenvalue weighted by atomic mass is 9.81. The minimum Gasteiger partial charge on any atom is -0.464 e. The molecule has 4 nitrogen and oxygen atoms in total. The molecule has 2 aliphatic carbocycles. The molecule has 6 heteroatoms. The molecule has 0 unspecified atom stereocenters. The van der Waals surface area contributed by atoms with Crippen LogP contribution in [0.3, 0.4) is 0 Å². The molecule has 2 saturated carbocycles. The molecule has 2 heterocycles. The molecule has 0 radical (unpaired) electrons. The first-order chi connectivity index (χ1) is 11.7. The van der Waals surface area contributed by atoms with Crippen molar-refractivity contribution in [3.63, 3.8) is 0 Å². The summed E-state index contributed by atoms with van der Waals surface area (Å²) >= 11 is 11.5. The molecule has 1 aromatic heterocycles. The van der Waals surface area contributed by atoms with E-state index in [4.69, 9.17) is 33.3 Å². The van der Waals surface area contributed by atoms with E-state index in [0.29, 0.717) is 17.0 Å². The molecule has 0 N–H and O–H groups in total. The molecule has 1 spiro atoms. The lowest BCUT2D eigenvalue weighted by Crippen LogP contribution is -2.41. The summed E-state index contributed by atoms with van der Waals surface area (Å²) in [6.07, 6.45) is 8.87. The van der Waals surface area contributed by atoms with Crippen molar-refractivity contribution >= 4 is 29.0 Å². The Kier molecular flexibility index (Phi) is 3.27. The zero-order chi connectivity index (χ0) is 16.3. The van der Waals surface area contributed by atoms with E-state index in [9.17, 15) is 0 Å². The zero-order valence-corrected chi connectivity index (χ0v) is 14.5. The first-order valence-electron chi connectivity index (χ1n) is 8.30. The summed E-state index contributed by atoms with van der Waals surface area (Å²) in [5.74, 6) is 1.08. The van der Waals surface area contributed by atoms with Crippen molar-refractivity contribution in [3.05, 3.63) is 53.6 Å². The fourth-order valence-electron chi connectivity index (χ4n) is 4.69. The van der Waals surface area contributed by atoms with Crippen molar-refractivity contribution in [2.75, 3.05) is 0 Å². The van der Waals surface area contributed by atoms with E-state index in [2.05, 4.69) is 17.1 Å². The largest absolute Gasteiger partial charge is 0.464 e. The van der Waals surface area contributed by atoms with E-state index in [0.717, 1.165) is 5.02 Å². The third-order valence-electron chi connectivity index (χ3n) is 5.77. The maximum atomic E-state index is 6.30. The van der Waals surface area contributed by atoms with Crippen LogP contribution in [-0.2, 0) is 9.47 Å². The molecule has 1 aliphatic heterocycles. The highest BCUT2D eigenvalue weighted by Gasteiger charge is 2.74. The Balaban J connectivity index is 1.42. The number of hydrogen-bond acceptors (Lipinski definition) is 4. The van der Waals surface area contributed by atoms with Gasteiger partial charge >= 0.3 is 0 Å². The highest BCUT2D eigenvalue weighted by Crippen LogP contribution is 2.68. The van der Waals surface area contributed by atoms with Gasteiger partial charge in [-0.1, -0.05) is 23.7 Å². The second-order valence-corrected chi connectivity index (χ2v) is 7.73. The minimum absolute atomic E-state index is 0.0202. The normalized spacial score (nSPS) is 36.2. The average molecular weight is 361 g/mol. The van der Waals surface area contributed by atoms with E-state index >= 15 is 0 Å². The Labute approximate surface area is 150 Å². The van der Waals surface area contributed by atoms with Crippen LogP contribution in [0.15, 0.2) is 43.0 Å². The van der Waals surface area contributed by atoms with Gasteiger partial charge in [-0.3, -0.25) is 4.57 Å². The topological polar surface area (TPSA) is 39.6 Å². The van der Waals surface area contributed by atoms with E-state index in [1.54, 1.807) is 17.1 Å². The first-order valence-corrected chi connectivity index (χ1v) is 9.09. The second-order valence-electron chi connectivity index (χ2n) is 6.95. The number of fused-ring (bicyclic) bond motifs is 3. The first kappa shape index (κ1) is 14.9. The number of rotatable bonds is 2. The lowest BCUT2D eigenvalue weighted by molar-refractivity contribution is 0.0418. The maximum absolute atomic E-state index is 6.30. The number of nitrogens with zero attached hydrogens (tertiary/aromatic N) is 2. The van der Waals surface area contributed by atoms with Crippen molar-refractivity contribution in [2.45, 2.75) is 37.1 Å². The highest BCUT2D eigenvalue weighted by atomic mass is 35.5. The summed E-state index contributed by atoms with van der Waals surface area (Å²) in [5.41, 5.74) is 0.954. The van der Waals surface area contributed by atoms with Crippen LogP contribution in [-0.4, -0.2) is 26.4 Å². The van der Waals surface area contributed by atoms with Crippen LogP contribution < -0.4 is 0 Å². The Morgan fingerprint density at radius 3 is 2.92 bits per heavy atom. The van der Waals surface area contributed by atoms with E-state index in [-0.39, 0.29) is 17.8 Å². The predicted molar refractivity (Wildman–Crippen MR) is 93.9 cm³/mol. The molecular formula is C18H17ClN2O2S. The Morgan fingerprint density at radius 2 is 2.17 bits per heavy atom. The fourth-order valence-corrected chi connectivity index (χ4v) is 5.03. The van der Waals surface area contributed by atoms with Crippen LogP contribution in [0, 0.1) is 11.8 Å². The average Bonchev–Trinajstić information content (AvgIpc) is 3.01. The summed E-state index contributed by atoms with van der Waals surface area (Å²) < 4.78 is 14.3. The summed E-state index contributed by atoms with van der Waals surface area (Å²) in [4.78, 5) is 4.04. The predicted octanol–water partition coefficient (Wildman–Crippen LogP) is 3.99. The third kappa shape index (κ3) is 2.08. The molecule has 3 aliphatic rings. The van der Waals surface area contributed by atoms with Crippen molar-refractivity contribution < 1.29 is 9.47 Å². The van der Waals surface area contributed by atoms with Gasteiger partial charge in [0.15, 0.2) is 0 Å². The van der Waals surface area contributed by atoms with Crippen LogP contribution in [0.4, 0.5) is 0 Å². The van der Waals surface area contributed by atoms with Gasteiger partial charge in [-0.15, -0.1) is 0 Å². The van der Waals surface area contributed by atoms with Gasteiger partial charge in [0.05, 0.1) is 0 Å². The molecule has 1 saturated heterocycles. The summed E-state index contributed by atoms with van der Waals surface area (Å²) in [5, 5.41) is 1.20. The van der Waals surface area contributed by atoms with E-state index < -0.39 is 0 Å². The number of benzene rings is 1. The van der Waals surface area contributed by atoms with Crippen molar-refractivity contribution in [3.8, 4) is 0 Å². The second kappa shape index (κ2) is 5.28. The number of imidazole rings is 1. The molecular weight excluding hydrogens is 344 g/mol. The molecule has 5 rings (SSSR count). The van der Waals surface area contributed by atoms with E-state index in [1.807, 2.05) is 18.3 Å². The number of aromatic nitrogens is 2. The molecule has 0 amide bonds. The number of thiocarbonyl (C=S) groups is 1. The van der Waals surface area contributed by atoms with Crippen LogP contribution in [0.25, 0.3) is 0 Å². The molecule has 3 fully saturated rings. The Morgan fingerprint density at radius 1 is 1.33 bits per heavy atom. The molecule has 1 aromatic carbocycles. The van der Waals surface area contributed by atoms with Crippen molar-refractivity contribution in [1.29, 1.82) is 0 Å². The van der Waals surface area contributed by atoms with Gasteiger partial charge in [0.1, 0.15) is 24.1 Å². The highest BCUT2D eigenvalue weighted by molar-refractivity contribution is 7.80. The maximum Gasteiger partial charge on any atom is 0.269 e. The van der Waals surface area contributed by atoms with Gasteiger partial charge in [-0.05, 0) is 61.0 Å². The fraction of sp³-hybridized carbons (Fsp3) is 0.444. The zero-order valence-electron chi connectivity index (χ0n) is 13.0. The lowest BCUT2D eigenvalue weighted by Gasteiger charge is -2.29. The molecule has 124 valence electrons. The van der Waals surface area contributed by atoms with Gasteiger partial charge in [-0.25, -0.2) is 4.98 Å². The smallest absolute Gasteiger partial charge is 0.269 e. The number of ether oxygens (including phenoxy) is 2. The number of epoxide rings is 1. The Hall–Kier alpha value is -1.43. The molecule has 2 aromatic rings. The standard InChI is InChI=1S/C18H17ClN2O2S/c19-14-5-2-11(3-6-14)16-18(23-16)13-4-1-12(9-13)15(18)22-17(24)21-8-7-20-10-21/h2-3,5-8,10,12-13,15-16H,1,4,9H2/t12-,13+,15-,16+,18+/m0/s1. The van der Waals surface area contributed by atoms with Gasteiger partial charge in [-0.2, -0.15) is 0 Å². The van der Waals surface area contributed by atoms with Gasteiger partial charge < -0.3 is 9.47 Å². The van der Waals surface area contributed by atoms with Gasteiger partial charge in [0, 0.05) is 17.4 Å². The molecule has 5 atom stereocenters. The Bertz CT molecular complexity index is 779. The number of hydrogen-bond donors (Lipinski definition) is 0. The van der Waals surface area contributed by atoms with Crippen molar-refractivity contribution in [1.82, 2.24) is 9.55 Å². The third-order valence-corrected chi connectivity index (χ3v) is 6.33. The SMILES string of the molecule is S=C(O[C@H]1[C@H]2CC[C@H](C2)[C@@]12O[C@@H]2c1ccc(Cl)cc1)n1ccnc1. The molecule has 2 bridgehead atoms. The van der Waals surface area contributed by atoms with Crippen LogP contribution in [0.1, 0.15) is 30.9 Å². The van der Waals surface area contributed by atoms with Crippen LogP contribution in [0.2, 0.25) is 5.02 Å². The quantitative estimate of drug-likeness (QED) is 0.599. The van der Waals surface area contributed by atoms with Crippen molar-refractivity contribution in [2.24, 2.45) is 11.8 Å². The van der Waals surface area contributed by atoms with E-state index in [1.165, 1.54) is 24.8 Å². The summed E-state index contributed by atoms with van der Waals surface area (Å²) in [6.45, 7) is 0. The summed E-state index contributed by atoms with van der Waals surface area (Å²) in [7, 11) is 0. The molecule has 24 heavy (non-hydrogen) atoms. The monoisotopic (exact) mass is 360 g/mol. The summed E-state index contributed by atoms with van der Waals surface area (Å²) in [6, 6.07) is 7.95. The van der Waals surface area contributed by atoms with Crippen LogP contribution in [0.5, 0.6) is 0 Å². The van der Waals surface area contributed by atoms with Crippen LogP contribution >= 0.6 is 23.8 Å². The van der Waals surface area contributed by atoms with Gasteiger partial charge in [0.2, 0.25) is 0 Å². The van der Waals surface area contributed by atoms with Gasteiger partial charge in [0.25, 0.3) is 5.17 Å². The minimum atomic E-state index is -0.221. The number of halogens is 1.